The fraction of sp³-hybridized carbons (Fsp3) is 0.385. The zero-order valence-corrected chi connectivity index (χ0v) is 19.3. The molecule has 31 heavy (non-hydrogen) atoms. The van der Waals surface area contributed by atoms with Crippen LogP contribution in [0.3, 0.4) is 0 Å². The zero-order valence-electron chi connectivity index (χ0n) is 19.3. The minimum absolute atomic E-state index is 0.00713. The average molecular weight is 421 g/mol. The summed E-state index contributed by atoms with van der Waals surface area (Å²) in [5.74, 6) is 0.833. The third-order valence-electron chi connectivity index (χ3n) is 5.15. The number of hydrogen-bond donors (Lipinski definition) is 1. The van der Waals surface area contributed by atoms with Crippen LogP contribution < -0.4 is 14.8 Å². The van der Waals surface area contributed by atoms with E-state index in [2.05, 4.69) is 38.2 Å². The first kappa shape index (κ1) is 24.0. The highest BCUT2D eigenvalue weighted by molar-refractivity contribution is 6.01. The molecule has 5 heteroatoms. The van der Waals surface area contributed by atoms with Gasteiger partial charge < -0.3 is 14.8 Å². The number of aryl methyl sites for hydroxylation is 3. The summed E-state index contributed by atoms with van der Waals surface area (Å²) in [5.41, 5.74) is 5.54. The quantitative estimate of drug-likeness (QED) is 0.435. The molecule has 0 bridgehead atoms. The minimum Gasteiger partial charge on any atom is -0.490 e. The molecule has 2 rings (SSSR count). The highest BCUT2D eigenvalue weighted by Crippen LogP contribution is 2.31. The fourth-order valence-electron chi connectivity index (χ4n) is 3.31. The number of hydrogen-bond acceptors (Lipinski definition) is 4. The van der Waals surface area contributed by atoms with Crippen molar-refractivity contribution >= 4 is 12.0 Å². The summed E-state index contributed by atoms with van der Waals surface area (Å²) in [6.07, 6.45) is 2.36. The van der Waals surface area contributed by atoms with Gasteiger partial charge in [-0.05, 0) is 81.5 Å². The molecule has 0 aliphatic rings. The summed E-state index contributed by atoms with van der Waals surface area (Å²) < 4.78 is 11.9. The molecule has 0 saturated carbocycles. The number of amides is 1. The van der Waals surface area contributed by atoms with E-state index in [9.17, 15) is 10.1 Å². The van der Waals surface area contributed by atoms with Crippen LogP contribution in [0.25, 0.3) is 6.08 Å². The van der Waals surface area contributed by atoms with E-state index in [0.717, 1.165) is 12.0 Å². The normalized spacial score (nSPS) is 12.1. The van der Waals surface area contributed by atoms with Gasteiger partial charge in [-0.25, -0.2) is 0 Å². The standard InChI is InChI=1S/C26H32N2O3/c1-7-20(6)28-26(29)22(15-27)13-21-9-10-24(25(14-21)30-8-2)31-16-23-18(4)11-17(3)12-19(23)5/h9-14,20H,7-8,16H2,1-6H3,(H,28,29)/b22-13+/t20-/m1/s1. The minimum atomic E-state index is -0.375. The van der Waals surface area contributed by atoms with E-state index in [1.165, 1.54) is 16.7 Å². The van der Waals surface area contributed by atoms with Crippen LogP contribution in [0.5, 0.6) is 11.5 Å². The van der Waals surface area contributed by atoms with Crippen LogP contribution in [0.2, 0.25) is 0 Å². The monoisotopic (exact) mass is 420 g/mol. The largest absolute Gasteiger partial charge is 0.490 e. The highest BCUT2D eigenvalue weighted by atomic mass is 16.5. The lowest BCUT2D eigenvalue weighted by Gasteiger charge is -2.16. The third kappa shape index (κ3) is 6.62. The molecule has 2 aromatic carbocycles. The Morgan fingerprint density at radius 2 is 1.77 bits per heavy atom. The molecule has 1 N–H and O–H groups in total. The topological polar surface area (TPSA) is 71.3 Å². The van der Waals surface area contributed by atoms with Crippen molar-refractivity contribution in [1.29, 1.82) is 5.26 Å². The molecule has 0 unspecified atom stereocenters. The molecule has 1 amide bonds. The average Bonchev–Trinajstić information content (AvgIpc) is 2.72. The first-order valence-electron chi connectivity index (χ1n) is 10.7. The molecule has 0 fully saturated rings. The van der Waals surface area contributed by atoms with Gasteiger partial charge in [0.15, 0.2) is 11.5 Å². The van der Waals surface area contributed by atoms with Gasteiger partial charge in [0.2, 0.25) is 0 Å². The Bertz CT molecular complexity index is 979. The molecule has 164 valence electrons. The second-order valence-corrected chi connectivity index (χ2v) is 7.76. The Morgan fingerprint density at radius 3 is 2.35 bits per heavy atom. The SMILES string of the molecule is CCOc1cc(/C=C(\C#N)C(=O)N[C@H](C)CC)ccc1OCc1c(C)cc(C)cc1C. The molecule has 5 nitrogen and oxygen atoms in total. The predicted octanol–water partition coefficient (Wildman–Crippen LogP) is 5.41. The summed E-state index contributed by atoms with van der Waals surface area (Å²) in [5, 5.41) is 12.2. The fourth-order valence-corrected chi connectivity index (χ4v) is 3.31. The summed E-state index contributed by atoms with van der Waals surface area (Å²) >= 11 is 0. The van der Waals surface area contributed by atoms with Gasteiger partial charge in [0.25, 0.3) is 5.91 Å². The number of nitrogens with one attached hydrogen (secondary N) is 1. The van der Waals surface area contributed by atoms with E-state index in [-0.39, 0.29) is 17.5 Å². The van der Waals surface area contributed by atoms with Gasteiger partial charge in [-0.1, -0.05) is 30.7 Å². The first-order chi connectivity index (χ1) is 14.8. The Balaban J connectivity index is 2.26. The molecule has 2 aromatic rings. The van der Waals surface area contributed by atoms with Crippen molar-refractivity contribution in [2.45, 2.75) is 60.6 Å². The second-order valence-electron chi connectivity index (χ2n) is 7.76. The molecule has 0 heterocycles. The molecule has 0 aromatic heterocycles. The molecule has 1 atom stereocenters. The van der Waals surface area contributed by atoms with E-state index < -0.39 is 0 Å². The first-order valence-corrected chi connectivity index (χ1v) is 10.7. The molecule has 0 aliphatic carbocycles. The van der Waals surface area contributed by atoms with Gasteiger partial charge in [-0.15, -0.1) is 0 Å². The number of carbonyl (C=O) groups excluding carboxylic acids is 1. The Labute approximate surface area is 185 Å². The van der Waals surface area contributed by atoms with Gasteiger partial charge >= 0.3 is 0 Å². The molecule has 0 radical (unpaired) electrons. The van der Waals surface area contributed by atoms with E-state index in [0.29, 0.717) is 30.3 Å². The van der Waals surface area contributed by atoms with Crippen LogP contribution in [0, 0.1) is 32.1 Å². The van der Waals surface area contributed by atoms with Gasteiger partial charge in [0, 0.05) is 6.04 Å². The highest BCUT2D eigenvalue weighted by Gasteiger charge is 2.13. The molecule has 0 saturated heterocycles. The van der Waals surface area contributed by atoms with E-state index in [1.54, 1.807) is 12.1 Å². The molecular formula is C26H32N2O3. The van der Waals surface area contributed by atoms with E-state index >= 15 is 0 Å². The van der Waals surface area contributed by atoms with Gasteiger partial charge in [-0.3, -0.25) is 4.79 Å². The van der Waals surface area contributed by atoms with Crippen LogP contribution in [-0.4, -0.2) is 18.6 Å². The number of rotatable bonds is 9. The van der Waals surface area contributed by atoms with Gasteiger partial charge in [0.05, 0.1) is 6.61 Å². The summed E-state index contributed by atoms with van der Waals surface area (Å²) in [4.78, 5) is 12.3. The maximum atomic E-state index is 12.3. The van der Waals surface area contributed by atoms with E-state index in [4.69, 9.17) is 9.47 Å². The Hall–Kier alpha value is -3.26. The van der Waals surface area contributed by atoms with Crippen molar-refractivity contribution in [1.82, 2.24) is 5.32 Å². The summed E-state index contributed by atoms with van der Waals surface area (Å²) in [7, 11) is 0. The van der Waals surface area contributed by atoms with Crippen LogP contribution in [0.15, 0.2) is 35.9 Å². The lowest BCUT2D eigenvalue weighted by Crippen LogP contribution is -2.32. The molecular weight excluding hydrogens is 388 g/mol. The van der Waals surface area contributed by atoms with Crippen molar-refractivity contribution in [2.75, 3.05) is 6.61 Å². The van der Waals surface area contributed by atoms with Crippen LogP contribution in [-0.2, 0) is 11.4 Å². The van der Waals surface area contributed by atoms with Crippen molar-refractivity contribution in [2.24, 2.45) is 0 Å². The summed E-state index contributed by atoms with van der Waals surface area (Å²) in [6, 6.07) is 11.7. The smallest absolute Gasteiger partial charge is 0.262 e. The second kappa shape index (κ2) is 11.2. The number of benzene rings is 2. The molecule has 0 spiro atoms. The predicted molar refractivity (Wildman–Crippen MR) is 124 cm³/mol. The number of ether oxygens (including phenoxy) is 2. The lowest BCUT2D eigenvalue weighted by atomic mass is 10.0. The number of nitriles is 1. The van der Waals surface area contributed by atoms with Crippen LogP contribution in [0.1, 0.15) is 55.0 Å². The number of carbonyl (C=O) groups is 1. The maximum Gasteiger partial charge on any atom is 0.262 e. The Kier molecular flexibility index (Phi) is 8.69. The Morgan fingerprint density at radius 1 is 1.10 bits per heavy atom. The van der Waals surface area contributed by atoms with Crippen molar-refractivity contribution in [3.05, 3.63) is 63.7 Å². The van der Waals surface area contributed by atoms with Gasteiger partial charge in [0.1, 0.15) is 18.2 Å². The lowest BCUT2D eigenvalue weighted by molar-refractivity contribution is -0.117. The van der Waals surface area contributed by atoms with E-state index in [1.807, 2.05) is 39.0 Å². The summed E-state index contributed by atoms with van der Waals surface area (Å²) in [6.45, 7) is 13.0. The van der Waals surface area contributed by atoms with Gasteiger partial charge in [-0.2, -0.15) is 5.26 Å². The maximum absolute atomic E-state index is 12.3. The zero-order chi connectivity index (χ0) is 23.0. The third-order valence-corrected chi connectivity index (χ3v) is 5.15. The van der Waals surface area contributed by atoms with Crippen LogP contribution >= 0.6 is 0 Å². The van der Waals surface area contributed by atoms with Crippen molar-refractivity contribution in [3.63, 3.8) is 0 Å². The van der Waals surface area contributed by atoms with Crippen molar-refractivity contribution < 1.29 is 14.3 Å². The molecule has 0 aliphatic heterocycles. The van der Waals surface area contributed by atoms with Crippen LogP contribution in [0.4, 0.5) is 0 Å². The number of nitrogens with zero attached hydrogens (tertiary/aromatic N) is 1. The van der Waals surface area contributed by atoms with Crippen molar-refractivity contribution in [3.8, 4) is 17.6 Å².